The summed E-state index contributed by atoms with van der Waals surface area (Å²) in [6.45, 7) is 5.47. The zero-order valence-electron chi connectivity index (χ0n) is 21.4. The fourth-order valence-electron chi connectivity index (χ4n) is 4.76. The first-order valence-electron chi connectivity index (χ1n) is 12.8. The molecule has 0 saturated carbocycles. The van der Waals surface area contributed by atoms with E-state index in [1.54, 1.807) is 23.5 Å². The van der Waals surface area contributed by atoms with Crippen molar-refractivity contribution < 1.29 is 18.7 Å². The topological polar surface area (TPSA) is 65.5 Å². The van der Waals surface area contributed by atoms with Gasteiger partial charge in [-0.2, -0.15) is 5.10 Å². The second-order valence-corrected chi connectivity index (χ2v) is 10.5. The number of carbonyl (C=O) groups is 2. The summed E-state index contributed by atoms with van der Waals surface area (Å²) in [4.78, 5) is 31.9. The number of hydrazone groups is 1. The minimum absolute atomic E-state index is 0.0402. The Morgan fingerprint density at radius 3 is 2.55 bits per heavy atom. The normalized spacial score (nSPS) is 17.9. The molecule has 198 valence electrons. The third kappa shape index (κ3) is 6.01. The third-order valence-corrected chi connectivity index (χ3v) is 7.86. The van der Waals surface area contributed by atoms with E-state index in [4.69, 9.17) is 9.84 Å². The highest BCUT2D eigenvalue weighted by atomic mass is 32.1. The van der Waals surface area contributed by atoms with Crippen molar-refractivity contribution in [2.24, 2.45) is 5.10 Å². The van der Waals surface area contributed by atoms with E-state index >= 15 is 0 Å². The predicted molar refractivity (Wildman–Crippen MR) is 146 cm³/mol. The number of nitrogens with zero attached hydrogens (tertiary/aromatic N) is 4. The molecule has 1 saturated heterocycles. The van der Waals surface area contributed by atoms with Gasteiger partial charge in [-0.05, 0) is 36.1 Å². The number of morpholine rings is 1. The summed E-state index contributed by atoms with van der Waals surface area (Å²) in [5.41, 5.74) is 2.93. The van der Waals surface area contributed by atoms with Gasteiger partial charge in [-0.3, -0.25) is 14.5 Å². The van der Waals surface area contributed by atoms with Crippen LogP contribution in [0.3, 0.4) is 0 Å². The lowest BCUT2D eigenvalue weighted by Crippen LogP contribution is -2.46. The summed E-state index contributed by atoms with van der Waals surface area (Å²) in [7, 11) is 0. The first-order chi connectivity index (χ1) is 18.5. The smallest absolute Gasteiger partial charge is 0.262 e. The lowest BCUT2D eigenvalue weighted by molar-refractivity contribution is -0.133. The third-order valence-electron chi connectivity index (χ3n) is 6.94. The van der Waals surface area contributed by atoms with Crippen LogP contribution in [0, 0.1) is 12.7 Å². The molecule has 1 atom stereocenters. The summed E-state index contributed by atoms with van der Waals surface area (Å²) >= 11 is 1.58. The van der Waals surface area contributed by atoms with Crippen molar-refractivity contribution in [2.45, 2.75) is 19.4 Å². The number of rotatable bonds is 8. The molecule has 0 radical (unpaired) electrons. The zero-order chi connectivity index (χ0) is 26.5. The second-order valence-electron chi connectivity index (χ2n) is 9.55. The van der Waals surface area contributed by atoms with Crippen LogP contribution in [-0.4, -0.2) is 78.3 Å². The van der Waals surface area contributed by atoms with Gasteiger partial charge in [-0.15, -0.1) is 11.3 Å². The quantitative estimate of drug-likeness (QED) is 0.431. The van der Waals surface area contributed by atoms with E-state index in [2.05, 4.69) is 4.90 Å². The average molecular weight is 535 g/mol. The van der Waals surface area contributed by atoms with Gasteiger partial charge in [-0.1, -0.05) is 48.0 Å². The number of ether oxygens (including phenoxy) is 1. The predicted octanol–water partition coefficient (Wildman–Crippen LogP) is 4.35. The fraction of sp³-hybridized carbons (Fsp3) is 0.345. The van der Waals surface area contributed by atoms with Gasteiger partial charge in [0.1, 0.15) is 12.4 Å². The van der Waals surface area contributed by atoms with Gasteiger partial charge in [0.25, 0.3) is 11.8 Å². The van der Waals surface area contributed by atoms with Crippen molar-refractivity contribution in [1.29, 1.82) is 0 Å². The molecule has 0 aliphatic carbocycles. The summed E-state index contributed by atoms with van der Waals surface area (Å²) in [6.07, 6.45) is 0.588. The molecular formula is C29H31FN4O3S. The van der Waals surface area contributed by atoms with Crippen LogP contribution < -0.4 is 0 Å². The Balaban J connectivity index is 1.40. The van der Waals surface area contributed by atoms with Crippen LogP contribution in [-0.2, 0) is 9.53 Å². The lowest BCUT2D eigenvalue weighted by atomic mass is 10.00. The number of hydrogen-bond donors (Lipinski definition) is 0. The fourth-order valence-corrected chi connectivity index (χ4v) is 5.48. The molecule has 9 heteroatoms. The molecule has 1 aromatic heterocycles. The van der Waals surface area contributed by atoms with E-state index in [0.717, 1.165) is 34.8 Å². The first-order valence-corrected chi connectivity index (χ1v) is 13.7. The molecular weight excluding hydrogens is 503 g/mol. The van der Waals surface area contributed by atoms with E-state index in [0.29, 0.717) is 32.7 Å². The zero-order valence-corrected chi connectivity index (χ0v) is 22.2. The summed E-state index contributed by atoms with van der Waals surface area (Å²) in [6, 6.07) is 17.7. The Hall–Kier alpha value is -3.40. The van der Waals surface area contributed by atoms with E-state index in [-0.39, 0.29) is 24.1 Å². The maximum absolute atomic E-state index is 14.6. The maximum atomic E-state index is 14.6. The van der Waals surface area contributed by atoms with E-state index < -0.39 is 11.7 Å². The maximum Gasteiger partial charge on any atom is 0.262 e. The van der Waals surface area contributed by atoms with Crippen LogP contribution in [0.1, 0.15) is 38.8 Å². The van der Waals surface area contributed by atoms with Crippen LogP contribution in [0.25, 0.3) is 0 Å². The van der Waals surface area contributed by atoms with Crippen molar-refractivity contribution >= 4 is 28.9 Å². The van der Waals surface area contributed by atoms with Crippen molar-refractivity contribution in [2.75, 3.05) is 45.9 Å². The van der Waals surface area contributed by atoms with Gasteiger partial charge in [-0.25, -0.2) is 9.40 Å². The first kappa shape index (κ1) is 26.2. The highest BCUT2D eigenvalue weighted by molar-refractivity contribution is 7.12. The highest BCUT2D eigenvalue weighted by Gasteiger charge is 2.35. The number of aryl methyl sites for hydroxylation is 1. The second kappa shape index (κ2) is 12.0. The lowest BCUT2D eigenvalue weighted by Gasteiger charge is -2.31. The van der Waals surface area contributed by atoms with Crippen LogP contribution >= 0.6 is 11.3 Å². The van der Waals surface area contributed by atoms with Crippen LogP contribution in [0.4, 0.5) is 4.39 Å². The van der Waals surface area contributed by atoms with Gasteiger partial charge >= 0.3 is 0 Å². The van der Waals surface area contributed by atoms with Gasteiger partial charge in [0.15, 0.2) is 0 Å². The summed E-state index contributed by atoms with van der Waals surface area (Å²) < 4.78 is 20.0. The van der Waals surface area contributed by atoms with Crippen LogP contribution in [0.2, 0.25) is 0 Å². The molecule has 2 aliphatic heterocycles. The Morgan fingerprint density at radius 2 is 1.84 bits per heavy atom. The van der Waals surface area contributed by atoms with Crippen molar-refractivity contribution in [3.8, 4) is 0 Å². The largest absolute Gasteiger partial charge is 0.379 e. The molecule has 0 spiro atoms. The molecule has 0 unspecified atom stereocenters. The van der Waals surface area contributed by atoms with Gasteiger partial charge in [0.2, 0.25) is 0 Å². The minimum atomic E-state index is -0.599. The summed E-state index contributed by atoms with van der Waals surface area (Å²) in [5.74, 6) is -1.40. The molecule has 2 amide bonds. The Bertz CT molecular complexity index is 1290. The number of carbonyl (C=O) groups excluding carboxylic acids is 2. The molecule has 2 aliphatic rings. The Morgan fingerprint density at radius 1 is 1.08 bits per heavy atom. The van der Waals surface area contributed by atoms with Gasteiger partial charge < -0.3 is 9.64 Å². The van der Waals surface area contributed by atoms with Crippen molar-refractivity contribution in [3.05, 3.63) is 93.4 Å². The van der Waals surface area contributed by atoms with Crippen molar-refractivity contribution in [1.82, 2.24) is 14.8 Å². The molecule has 2 aromatic carbocycles. The number of halogens is 1. The van der Waals surface area contributed by atoms with Crippen LogP contribution in [0.15, 0.2) is 71.1 Å². The van der Waals surface area contributed by atoms with E-state index in [9.17, 15) is 14.0 Å². The Kier molecular flexibility index (Phi) is 8.26. The van der Waals surface area contributed by atoms with Gasteiger partial charge in [0.05, 0.1) is 35.4 Å². The molecule has 3 aromatic rings. The van der Waals surface area contributed by atoms with E-state index in [1.807, 2.05) is 48.7 Å². The molecule has 0 bridgehead atoms. The van der Waals surface area contributed by atoms with E-state index in [1.165, 1.54) is 22.0 Å². The molecule has 5 rings (SSSR count). The standard InChI is InChI=1S/C29H31FN4O3S/c1-21-8-10-22(11-9-21)26-19-25(27-7-4-18-38-27)31-34(26)28(35)20-33(13-12-32-14-16-37-17-15-32)29(36)23-5-2-3-6-24(23)30/h2-11,18,26H,12-17,19-20H2,1H3/t26-/m0/s1. The highest BCUT2D eigenvalue weighted by Crippen LogP contribution is 2.34. The van der Waals surface area contributed by atoms with Gasteiger partial charge in [0, 0.05) is 32.6 Å². The Labute approximate surface area is 226 Å². The monoisotopic (exact) mass is 534 g/mol. The average Bonchev–Trinajstić information content (AvgIpc) is 3.63. The number of benzene rings is 2. The summed E-state index contributed by atoms with van der Waals surface area (Å²) in [5, 5.41) is 8.23. The molecule has 38 heavy (non-hydrogen) atoms. The molecule has 0 N–H and O–H groups in total. The number of amides is 2. The van der Waals surface area contributed by atoms with Crippen molar-refractivity contribution in [3.63, 3.8) is 0 Å². The van der Waals surface area contributed by atoms with Crippen LogP contribution in [0.5, 0.6) is 0 Å². The number of hydrogen-bond acceptors (Lipinski definition) is 6. The molecule has 1 fully saturated rings. The number of thiophene rings is 1. The minimum Gasteiger partial charge on any atom is -0.379 e. The molecule has 7 nitrogen and oxygen atoms in total. The molecule has 3 heterocycles. The SMILES string of the molecule is Cc1ccc([C@@H]2CC(c3cccs3)=NN2C(=O)CN(CCN2CCOCC2)C(=O)c2ccccc2F)cc1.